The maximum Gasteiger partial charge on any atom is 0.267 e. The van der Waals surface area contributed by atoms with Gasteiger partial charge in [-0.15, -0.1) is 0 Å². The van der Waals surface area contributed by atoms with E-state index in [9.17, 15) is 9.59 Å². The third-order valence-electron chi connectivity index (χ3n) is 3.29. The molecule has 3 N–H and O–H groups in total. The minimum atomic E-state index is -0.105. The molecule has 0 atom stereocenters. The summed E-state index contributed by atoms with van der Waals surface area (Å²) in [5, 5.41) is 3.51. The normalized spacial score (nSPS) is 15.9. The van der Waals surface area contributed by atoms with E-state index in [1.165, 1.54) is 11.3 Å². The predicted octanol–water partition coefficient (Wildman–Crippen LogP) is 0.461. The highest BCUT2D eigenvalue weighted by Gasteiger charge is 2.24. The number of thiazole rings is 1. The van der Waals surface area contributed by atoms with Crippen molar-refractivity contribution in [1.82, 2.24) is 14.8 Å². The van der Waals surface area contributed by atoms with Crippen LogP contribution in [0.2, 0.25) is 0 Å². The van der Waals surface area contributed by atoms with Gasteiger partial charge in [-0.2, -0.15) is 0 Å². The van der Waals surface area contributed by atoms with Crippen molar-refractivity contribution in [3.8, 4) is 0 Å². The summed E-state index contributed by atoms with van der Waals surface area (Å²) in [7, 11) is 1.74. The standard InChI is InChI=1S/C12H19N5O2S/c1-8(18)16-4-3-5-17(7-6-16)11(19)9-10(13)15-12(14-2)20-9/h3-7,13H2,1-2H3,(H,14,15). The van der Waals surface area contributed by atoms with Crippen LogP contribution in [-0.2, 0) is 4.79 Å². The first-order chi connectivity index (χ1) is 9.52. The van der Waals surface area contributed by atoms with E-state index in [2.05, 4.69) is 10.3 Å². The van der Waals surface area contributed by atoms with Crippen LogP contribution >= 0.6 is 11.3 Å². The van der Waals surface area contributed by atoms with Crippen molar-refractivity contribution in [2.45, 2.75) is 13.3 Å². The van der Waals surface area contributed by atoms with E-state index < -0.39 is 0 Å². The molecule has 2 heterocycles. The van der Waals surface area contributed by atoms with Gasteiger partial charge < -0.3 is 20.9 Å². The molecule has 110 valence electrons. The van der Waals surface area contributed by atoms with Crippen LogP contribution in [0.3, 0.4) is 0 Å². The molecule has 1 aromatic rings. The van der Waals surface area contributed by atoms with Gasteiger partial charge in [0.15, 0.2) is 5.13 Å². The molecule has 2 rings (SSSR count). The lowest BCUT2D eigenvalue weighted by Gasteiger charge is -2.20. The monoisotopic (exact) mass is 297 g/mol. The molecule has 7 nitrogen and oxygen atoms in total. The van der Waals surface area contributed by atoms with Crippen LogP contribution in [0.15, 0.2) is 0 Å². The molecule has 2 amide bonds. The van der Waals surface area contributed by atoms with E-state index in [-0.39, 0.29) is 17.6 Å². The van der Waals surface area contributed by atoms with E-state index in [1.807, 2.05) is 0 Å². The van der Waals surface area contributed by atoms with Crippen molar-refractivity contribution in [3.63, 3.8) is 0 Å². The molecule has 8 heteroatoms. The number of nitrogens with one attached hydrogen (secondary N) is 1. The highest BCUT2D eigenvalue weighted by molar-refractivity contribution is 7.18. The molecule has 1 aromatic heterocycles. The summed E-state index contributed by atoms with van der Waals surface area (Å²) in [6, 6.07) is 0. The van der Waals surface area contributed by atoms with Crippen LogP contribution in [0.1, 0.15) is 23.0 Å². The Kier molecular flexibility index (Phi) is 4.43. The van der Waals surface area contributed by atoms with Crippen molar-refractivity contribution in [2.75, 3.05) is 44.3 Å². The second kappa shape index (κ2) is 6.08. The van der Waals surface area contributed by atoms with Gasteiger partial charge in [-0.05, 0) is 6.42 Å². The topological polar surface area (TPSA) is 91.6 Å². The average molecular weight is 297 g/mol. The van der Waals surface area contributed by atoms with E-state index in [1.54, 1.807) is 23.8 Å². The zero-order valence-corrected chi connectivity index (χ0v) is 12.5. The molecule has 0 aromatic carbocycles. The van der Waals surface area contributed by atoms with Crippen LogP contribution in [0.4, 0.5) is 10.9 Å². The number of nitrogens with zero attached hydrogens (tertiary/aromatic N) is 3. The molecule has 20 heavy (non-hydrogen) atoms. The summed E-state index contributed by atoms with van der Waals surface area (Å²) < 4.78 is 0. The zero-order chi connectivity index (χ0) is 14.7. The minimum absolute atomic E-state index is 0.0501. The molecule has 0 spiro atoms. The van der Waals surface area contributed by atoms with Crippen molar-refractivity contribution in [3.05, 3.63) is 4.88 Å². The van der Waals surface area contributed by atoms with Crippen LogP contribution < -0.4 is 11.1 Å². The summed E-state index contributed by atoms with van der Waals surface area (Å²) >= 11 is 1.26. The van der Waals surface area contributed by atoms with Crippen LogP contribution in [0.5, 0.6) is 0 Å². The lowest BCUT2D eigenvalue weighted by atomic mass is 10.3. The maximum absolute atomic E-state index is 12.5. The summed E-state index contributed by atoms with van der Waals surface area (Å²) in [5.74, 6) is 0.206. The number of hydrogen-bond donors (Lipinski definition) is 2. The summed E-state index contributed by atoms with van der Waals surface area (Å²) in [6.07, 6.45) is 0.781. The lowest BCUT2D eigenvalue weighted by Crippen LogP contribution is -2.36. The summed E-state index contributed by atoms with van der Waals surface area (Å²) in [6.45, 7) is 3.98. The lowest BCUT2D eigenvalue weighted by molar-refractivity contribution is -0.128. The SMILES string of the molecule is CNc1nc(N)c(C(=O)N2CCCN(C(C)=O)CC2)s1. The third kappa shape index (κ3) is 3.01. The number of nitrogens with two attached hydrogens (primary N) is 1. The molecular formula is C12H19N5O2S. The Morgan fingerprint density at radius 3 is 2.50 bits per heavy atom. The smallest absolute Gasteiger partial charge is 0.267 e. The first-order valence-corrected chi connectivity index (χ1v) is 7.33. The third-order valence-corrected chi connectivity index (χ3v) is 4.37. The van der Waals surface area contributed by atoms with Crippen LogP contribution in [0, 0.1) is 0 Å². The van der Waals surface area contributed by atoms with Gasteiger partial charge >= 0.3 is 0 Å². The first-order valence-electron chi connectivity index (χ1n) is 6.51. The Morgan fingerprint density at radius 2 is 1.90 bits per heavy atom. The van der Waals surface area contributed by atoms with Crippen molar-refractivity contribution in [1.29, 1.82) is 0 Å². The Labute approximate surface area is 121 Å². The van der Waals surface area contributed by atoms with Gasteiger partial charge in [0.2, 0.25) is 5.91 Å². The Morgan fingerprint density at radius 1 is 1.25 bits per heavy atom. The second-order valence-electron chi connectivity index (χ2n) is 4.64. The Hall–Kier alpha value is -1.83. The largest absolute Gasteiger partial charge is 0.382 e. The fraction of sp³-hybridized carbons (Fsp3) is 0.583. The number of carbonyl (C=O) groups excluding carboxylic acids is 2. The minimum Gasteiger partial charge on any atom is -0.382 e. The molecule has 0 saturated carbocycles. The van der Waals surface area contributed by atoms with E-state index in [4.69, 9.17) is 5.73 Å². The predicted molar refractivity (Wildman–Crippen MR) is 78.8 cm³/mol. The first kappa shape index (κ1) is 14.6. The number of hydrogen-bond acceptors (Lipinski definition) is 6. The summed E-state index contributed by atoms with van der Waals surface area (Å²) in [5.41, 5.74) is 5.79. The molecule has 1 saturated heterocycles. The molecule has 0 radical (unpaired) electrons. The number of aromatic nitrogens is 1. The number of anilines is 2. The van der Waals surface area contributed by atoms with Crippen molar-refractivity contribution in [2.24, 2.45) is 0 Å². The average Bonchev–Trinajstić information content (AvgIpc) is 2.64. The van der Waals surface area contributed by atoms with Gasteiger partial charge in [-0.3, -0.25) is 9.59 Å². The van der Waals surface area contributed by atoms with Crippen LogP contribution in [0.25, 0.3) is 0 Å². The molecule has 1 fully saturated rings. The molecule has 1 aliphatic rings. The van der Waals surface area contributed by atoms with E-state index >= 15 is 0 Å². The van der Waals surface area contributed by atoms with Crippen molar-refractivity contribution < 1.29 is 9.59 Å². The van der Waals surface area contributed by atoms with Crippen LogP contribution in [-0.4, -0.2) is 59.8 Å². The van der Waals surface area contributed by atoms with Crippen molar-refractivity contribution >= 4 is 34.1 Å². The number of nitrogen functional groups attached to an aromatic ring is 1. The Balaban J connectivity index is 2.09. The zero-order valence-electron chi connectivity index (χ0n) is 11.7. The van der Waals surface area contributed by atoms with Gasteiger partial charge in [0.25, 0.3) is 5.91 Å². The molecule has 1 aliphatic heterocycles. The number of amides is 2. The highest BCUT2D eigenvalue weighted by Crippen LogP contribution is 2.26. The molecule has 0 unspecified atom stereocenters. The highest BCUT2D eigenvalue weighted by atomic mass is 32.1. The number of carbonyl (C=O) groups is 2. The fourth-order valence-electron chi connectivity index (χ4n) is 2.17. The van der Waals surface area contributed by atoms with Gasteiger partial charge in [-0.1, -0.05) is 11.3 Å². The molecule has 0 aliphatic carbocycles. The molecule has 0 bridgehead atoms. The maximum atomic E-state index is 12.5. The quantitative estimate of drug-likeness (QED) is 0.827. The number of rotatable bonds is 2. The molecular weight excluding hydrogens is 278 g/mol. The second-order valence-corrected chi connectivity index (χ2v) is 5.63. The van der Waals surface area contributed by atoms with Gasteiger partial charge in [0.1, 0.15) is 10.7 Å². The fourth-order valence-corrected chi connectivity index (χ4v) is 2.98. The van der Waals surface area contributed by atoms with Gasteiger partial charge in [0.05, 0.1) is 0 Å². The van der Waals surface area contributed by atoms with E-state index in [0.29, 0.717) is 36.2 Å². The van der Waals surface area contributed by atoms with Gasteiger partial charge in [0, 0.05) is 40.2 Å². The van der Waals surface area contributed by atoms with Gasteiger partial charge in [-0.25, -0.2) is 4.98 Å². The summed E-state index contributed by atoms with van der Waals surface area (Å²) in [4.78, 5) is 31.9. The van der Waals surface area contributed by atoms with E-state index in [0.717, 1.165) is 6.42 Å². The Bertz CT molecular complexity index is 516.